The summed E-state index contributed by atoms with van der Waals surface area (Å²) >= 11 is 1.68. The Hall–Kier alpha value is -0.900. The van der Waals surface area contributed by atoms with Gasteiger partial charge < -0.3 is 9.15 Å². The Morgan fingerprint density at radius 3 is 3.00 bits per heavy atom. The maximum absolute atomic E-state index is 11.0. The molecule has 1 aromatic heterocycles. The summed E-state index contributed by atoms with van der Waals surface area (Å²) in [6, 6.07) is 1.95. The molecule has 3 nitrogen and oxygen atoms in total. The molecule has 1 aromatic rings. The maximum atomic E-state index is 11.0. The van der Waals surface area contributed by atoms with Gasteiger partial charge in [0.15, 0.2) is 0 Å². The molecular formula is C11H16O3S. The highest BCUT2D eigenvalue weighted by atomic mass is 32.2. The quantitative estimate of drug-likeness (QED) is 0.554. The van der Waals surface area contributed by atoms with Gasteiger partial charge in [0, 0.05) is 5.75 Å². The fourth-order valence-corrected chi connectivity index (χ4v) is 2.04. The van der Waals surface area contributed by atoms with Crippen molar-refractivity contribution < 1.29 is 13.9 Å². The summed E-state index contributed by atoms with van der Waals surface area (Å²) in [4.78, 5) is 11.0. The van der Waals surface area contributed by atoms with E-state index in [4.69, 9.17) is 9.15 Å². The molecule has 4 heteroatoms. The van der Waals surface area contributed by atoms with Gasteiger partial charge in [-0.25, -0.2) is 0 Å². The molecule has 0 aromatic carbocycles. The van der Waals surface area contributed by atoms with Crippen molar-refractivity contribution in [1.82, 2.24) is 0 Å². The molecule has 0 fully saturated rings. The van der Waals surface area contributed by atoms with Crippen LogP contribution in [0.1, 0.15) is 24.7 Å². The standard InChI is InChI=1S/C11H16O3S/c1-3-13-11(12)5-7-15-8-10-9(2)4-6-14-10/h4,6H,3,5,7-8H2,1-2H3. The molecular weight excluding hydrogens is 212 g/mol. The SMILES string of the molecule is CCOC(=O)CCSCc1occc1C. The molecule has 0 aliphatic carbocycles. The van der Waals surface area contributed by atoms with Crippen molar-refractivity contribution in [3.05, 3.63) is 23.7 Å². The van der Waals surface area contributed by atoms with E-state index in [2.05, 4.69) is 0 Å². The second kappa shape index (κ2) is 6.56. The second-order valence-corrected chi connectivity index (χ2v) is 4.24. The number of furan rings is 1. The third-order valence-electron chi connectivity index (χ3n) is 1.96. The van der Waals surface area contributed by atoms with Crippen molar-refractivity contribution in [1.29, 1.82) is 0 Å². The first kappa shape index (κ1) is 12.2. The predicted molar refractivity (Wildman–Crippen MR) is 60.9 cm³/mol. The van der Waals surface area contributed by atoms with Crippen molar-refractivity contribution in [2.75, 3.05) is 12.4 Å². The Morgan fingerprint density at radius 1 is 1.60 bits per heavy atom. The molecule has 0 aliphatic heterocycles. The fraction of sp³-hybridized carbons (Fsp3) is 0.545. The lowest BCUT2D eigenvalue weighted by molar-refractivity contribution is -0.142. The number of thioether (sulfide) groups is 1. The van der Waals surface area contributed by atoms with E-state index >= 15 is 0 Å². The van der Waals surface area contributed by atoms with Crippen molar-refractivity contribution in [2.45, 2.75) is 26.0 Å². The van der Waals surface area contributed by atoms with Crippen molar-refractivity contribution in [3.63, 3.8) is 0 Å². The van der Waals surface area contributed by atoms with Gasteiger partial charge in [0.05, 0.1) is 25.0 Å². The summed E-state index contributed by atoms with van der Waals surface area (Å²) in [5.74, 6) is 2.46. The molecule has 0 saturated carbocycles. The van der Waals surface area contributed by atoms with Gasteiger partial charge >= 0.3 is 5.97 Å². The molecule has 0 saturated heterocycles. The summed E-state index contributed by atoms with van der Waals surface area (Å²) in [6.45, 7) is 4.29. The summed E-state index contributed by atoms with van der Waals surface area (Å²) in [6.07, 6.45) is 2.16. The molecule has 0 aliphatic rings. The number of ether oxygens (including phenoxy) is 1. The summed E-state index contributed by atoms with van der Waals surface area (Å²) < 4.78 is 10.1. The van der Waals surface area contributed by atoms with Gasteiger partial charge in [-0.15, -0.1) is 0 Å². The van der Waals surface area contributed by atoms with Gasteiger partial charge in [-0.1, -0.05) is 0 Å². The first-order chi connectivity index (χ1) is 7.24. The van der Waals surface area contributed by atoms with Gasteiger partial charge in [0.25, 0.3) is 0 Å². The average Bonchev–Trinajstić information content (AvgIpc) is 2.60. The molecule has 0 unspecified atom stereocenters. The topological polar surface area (TPSA) is 39.4 Å². The van der Waals surface area contributed by atoms with E-state index in [-0.39, 0.29) is 5.97 Å². The van der Waals surface area contributed by atoms with Crippen molar-refractivity contribution in [3.8, 4) is 0 Å². The average molecular weight is 228 g/mol. The third kappa shape index (κ3) is 4.42. The van der Waals surface area contributed by atoms with E-state index in [0.717, 1.165) is 17.3 Å². The zero-order valence-electron chi connectivity index (χ0n) is 9.12. The molecule has 0 atom stereocenters. The van der Waals surface area contributed by atoms with Gasteiger partial charge in [0.2, 0.25) is 0 Å². The lowest BCUT2D eigenvalue weighted by Crippen LogP contribution is -2.04. The van der Waals surface area contributed by atoms with Crippen LogP contribution in [0.25, 0.3) is 0 Å². The number of carbonyl (C=O) groups is 1. The number of hydrogen-bond acceptors (Lipinski definition) is 4. The number of esters is 1. The first-order valence-corrected chi connectivity index (χ1v) is 6.16. The van der Waals surface area contributed by atoms with Crippen LogP contribution < -0.4 is 0 Å². The van der Waals surface area contributed by atoms with E-state index in [9.17, 15) is 4.79 Å². The van der Waals surface area contributed by atoms with Crippen LogP contribution >= 0.6 is 11.8 Å². The first-order valence-electron chi connectivity index (χ1n) is 5.00. The zero-order chi connectivity index (χ0) is 11.1. The van der Waals surface area contributed by atoms with Crippen LogP contribution in [-0.4, -0.2) is 18.3 Å². The zero-order valence-corrected chi connectivity index (χ0v) is 9.93. The van der Waals surface area contributed by atoms with Gasteiger partial charge in [-0.2, -0.15) is 11.8 Å². The van der Waals surface area contributed by atoms with E-state index in [1.807, 2.05) is 19.9 Å². The molecule has 84 valence electrons. The Morgan fingerprint density at radius 2 is 2.40 bits per heavy atom. The minimum absolute atomic E-state index is 0.124. The monoisotopic (exact) mass is 228 g/mol. The van der Waals surface area contributed by atoms with Crippen LogP contribution in [0.2, 0.25) is 0 Å². The van der Waals surface area contributed by atoms with Crippen LogP contribution in [0.3, 0.4) is 0 Å². The molecule has 0 N–H and O–H groups in total. The largest absolute Gasteiger partial charge is 0.468 e. The van der Waals surface area contributed by atoms with Gasteiger partial charge in [0.1, 0.15) is 5.76 Å². The lowest BCUT2D eigenvalue weighted by Gasteiger charge is -2.01. The lowest BCUT2D eigenvalue weighted by atomic mass is 10.3. The van der Waals surface area contributed by atoms with Crippen molar-refractivity contribution in [2.24, 2.45) is 0 Å². The summed E-state index contributed by atoms with van der Waals surface area (Å²) in [5.41, 5.74) is 1.17. The molecule has 0 amide bonds. The Kier molecular flexibility index (Phi) is 5.32. The van der Waals surface area contributed by atoms with Crippen LogP contribution in [-0.2, 0) is 15.3 Å². The molecule has 1 rings (SSSR count). The fourth-order valence-electron chi connectivity index (χ4n) is 1.11. The number of hydrogen-bond donors (Lipinski definition) is 0. The minimum atomic E-state index is -0.124. The highest BCUT2D eigenvalue weighted by molar-refractivity contribution is 7.98. The number of aryl methyl sites for hydroxylation is 1. The minimum Gasteiger partial charge on any atom is -0.468 e. The Bertz CT molecular complexity index is 307. The van der Waals surface area contributed by atoms with Gasteiger partial charge in [-0.05, 0) is 25.5 Å². The Labute approximate surface area is 94.2 Å². The van der Waals surface area contributed by atoms with Crippen LogP contribution in [0.5, 0.6) is 0 Å². The third-order valence-corrected chi connectivity index (χ3v) is 2.92. The highest BCUT2D eigenvalue weighted by Gasteiger charge is 2.04. The van der Waals surface area contributed by atoms with Gasteiger partial charge in [-0.3, -0.25) is 4.79 Å². The highest BCUT2D eigenvalue weighted by Crippen LogP contribution is 2.17. The summed E-state index contributed by atoms with van der Waals surface area (Å²) in [5, 5.41) is 0. The van der Waals surface area contributed by atoms with Crippen LogP contribution in [0, 0.1) is 6.92 Å². The smallest absolute Gasteiger partial charge is 0.306 e. The molecule has 0 spiro atoms. The van der Waals surface area contributed by atoms with E-state index in [1.54, 1.807) is 18.0 Å². The van der Waals surface area contributed by atoms with Crippen LogP contribution in [0.4, 0.5) is 0 Å². The second-order valence-electron chi connectivity index (χ2n) is 3.13. The summed E-state index contributed by atoms with van der Waals surface area (Å²) in [7, 11) is 0. The normalized spacial score (nSPS) is 10.3. The molecule has 1 heterocycles. The predicted octanol–water partition coefficient (Wildman–Crippen LogP) is 2.77. The molecule has 15 heavy (non-hydrogen) atoms. The number of carbonyl (C=O) groups excluding carboxylic acids is 1. The maximum Gasteiger partial charge on any atom is 0.306 e. The van der Waals surface area contributed by atoms with Crippen LogP contribution in [0.15, 0.2) is 16.7 Å². The van der Waals surface area contributed by atoms with E-state index in [0.29, 0.717) is 13.0 Å². The number of rotatable bonds is 6. The van der Waals surface area contributed by atoms with E-state index in [1.165, 1.54) is 5.56 Å². The molecule has 0 bridgehead atoms. The Balaban J connectivity index is 2.12. The molecule has 0 radical (unpaired) electrons. The van der Waals surface area contributed by atoms with E-state index < -0.39 is 0 Å². The van der Waals surface area contributed by atoms with Crippen molar-refractivity contribution >= 4 is 17.7 Å².